The molecule has 1 aromatic heterocycles. The lowest BCUT2D eigenvalue weighted by atomic mass is 10.1. The molecule has 0 saturated heterocycles. The Bertz CT molecular complexity index is 775. The van der Waals surface area contributed by atoms with Crippen LogP contribution >= 0.6 is 0 Å². The zero-order valence-electron chi connectivity index (χ0n) is 15.9. The Hall–Kier alpha value is -2.57. The molecule has 0 atom stereocenters. The summed E-state index contributed by atoms with van der Waals surface area (Å²) in [5, 5.41) is 6.62. The lowest BCUT2D eigenvalue weighted by Crippen LogP contribution is -2.39. The average Bonchev–Trinajstić information content (AvgIpc) is 2.96. The predicted molar refractivity (Wildman–Crippen MR) is 98.3 cm³/mol. The van der Waals surface area contributed by atoms with Gasteiger partial charge in [-0.05, 0) is 50.8 Å². The highest BCUT2D eigenvalue weighted by molar-refractivity contribution is 5.78. The van der Waals surface area contributed by atoms with Gasteiger partial charge in [-0.1, -0.05) is 19.1 Å². The molecule has 0 amide bonds. The summed E-state index contributed by atoms with van der Waals surface area (Å²) in [6.07, 6.45) is 3.40. The SMILES string of the molecule is CCCn1c(CCCc2ccc(OC(C)(C)C(=O)OC)cc2)n[nH]c1=O. The number of ether oxygens (including phenoxy) is 2. The van der Waals surface area contributed by atoms with Gasteiger partial charge in [0, 0.05) is 13.0 Å². The first-order valence-electron chi connectivity index (χ1n) is 8.88. The van der Waals surface area contributed by atoms with E-state index >= 15 is 0 Å². The third-order valence-corrected chi connectivity index (χ3v) is 4.12. The van der Waals surface area contributed by atoms with Crippen molar-refractivity contribution >= 4 is 5.97 Å². The molecule has 0 radical (unpaired) electrons. The Labute approximate surface area is 153 Å². The molecule has 2 rings (SSSR count). The molecular formula is C19H27N3O4. The molecule has 0 saturated carbocycles. The van der Waals surface area contributed by atoms with Crippen LogP contribution < -0.4 is 10.4 Å². The van der Waals surface area contributed by atoms with Gasteiger partial charge in [-0.3, -0.25) is 4.57 Å². The molecule has 0 aliphatic rings. The minimum absolute atomic E-state index is 0.142. The Morgan fingerprint density at radius 1 is 1.23 bits per heavy atom. The highest BCUT2D eigenvalue weighted by atomic mass is 16.6. The lowest BCUT2D eigenvalue weighted by Gasteiger charge is -2.23. The van der Waals surface area contributed by atoms with Crippen LogP contribution in [0.25, 0.3) is 0 Å². The van der Waals surface area contributed by atoms with Gasteiger partial charge in [-0.25, -0.2) is 14.7 Å². The molecule has 0 spiro atoms. The maximum atomic E-state index is 11.7. The number of esters is 1. The van der Waals surface area contributed by atoms with Crippen LogP contribution in [0.4, 0.5) is 0 Å². The van der Waals surface area contributed by atoms with E-state index in [2.05, 4.69) is 10.2 Å². The van der Waals surface area contributed by atoms with Crippen LogP contribution in [-0.2, 0) is 28.9 Å². The first kappa shape index (κ1) is 19.8. The summed E-state index contributed by atoms with van der Waals surface area (Å²) in [6.45, 7) is 6.07. The molecule has 7 nitrogen and oxygen atoms in total. The summed E-state index contributed by atoms with van der Waals surface area (Å²) in [5.41, 5.74) is -0.0104. The maximum Gasteiger partial charge on any atom is 0.349 e. The molecule has 2 aromatic rings. The van der Waals surface area contributed by atoms with Gasteiger partial charge >= 0.3 is 11.7 Å². The average molecular weight is 361 g/mol. The highest BCUT2D eigenvalue weighted by Crippen LogP contribution is 2.20. The first-order chi connectivity index (χ1) is 12.4. The number of H-pyrrole nitrogens is 1. The Balaban J connectivity index is 1.90. The number of aromatic amines is 1. The van der Waals surface area contributed by atoms with E-state index in [-0.39, 0.29) is 5.69 Å². The number of nitrogens with zero attached hydrogens (tertiary/aromatic N) is 2. The molecule has 0 aliphatic heterocycles. The molecule has 0 fully saturated rings. The van der Waals surface area contributed by atoms with Gasteiger partial charge in [-0.15, -0.1) is 0 Å². The first-order valence-corrected chi connectivity index (χ1v) is 8.88. The number of benzene rings is 1. The zero-order chi connectivity index (χ0) is 19.2. The van der Waals surface area contributed by atoms with Gasteiger partial charge in [0.2, 0.25) is 0 Å². The number of hydrogen-bond acceptors (Lipinski definition) is 5. The minimum Gasteiger partial charge on any atom is -0.476 e. The van der Waals surface area contributed by atoms with Crippen molar-refractivity contribution in [2.24, 2.45) is 0 Å². The van der Waals surface area contributed by atoms with Gasteiger partial charge in [0.1, 0.15) is 11.6 Å². The fourth-order valence-corrected chi connectivity index (χ4v) is 2.75. The normalized spacial score (nSPS) is 11.4. The molecule has 1 aromatic carbocycles. The number of nitrogens with one attached hydrogen (secondary N) is 1. The molecule has 1 N–H and O–H groups in total. The Morgan fingerprint density at radius 3 is 2.54 bits per heavy atom. The smallest absolute Gasteiger partial charge is 0.349 e. The number of aromatic nitrogens is 3. The van der Waals surface area contributed by atoms with Gasteiger partial charge in [0.15, 0.2) is 5.60 Å². The second kappa shape index (κ2) is 8.69. The van der Waals surface area contributed by atoms with E-state index in [1.54, 1.807) is 18.4 Å². The lowest BCUT2D eigenvalue weighted by molar-refractivity contribution is -0.156. The Morgan fingerprint density at radius 2 is 1.92 bits per heavy atom. The van der Waals surface area contributed by atoms with Crippen molar-refractivity contribution in [1.82, 2.24) is 14.8 Å². The van der Waals surface area contributed by atoms with Crippen LogP contribution in [0.5, 0.6) is 5.75 Å². The summed E-state index contributed by atoms with van der Waals surface area (Å²) in [6, 6.07) is 7.65. The van der Waals surface area contributed by atoms with E-state index in [9.17, 15) is 9.59 Å². The Kier molecular flexibility index (Phi) is 6.60. The van der Waals surface area contributed by atoms with Gasteiger partial charge in [-0.2, -0.15) is 5.10 Å². The molecule has 0 aliphatic carbocycles. The summed E-state index contributed by atoms with van der Waals surface area (Å²) in [4.78, 5) is 23.4. The van der Waals surface area contributed by atoms with E-state index in [1.807, 2.05) is 31.2 Å². The molecule has 0 bridgehead atoms. The maximum absolute atomic E-state index is 11.7. The topological polar surface area (TPSA) is 86.2 Å². The minimum atomic E-state index is -1.03. The quantitative estimate of drug-likeness (QED) is 0.694. The van der Waals surface area contributed by atoms with Crippen LogP contribution in [0, 0.1) is 0 Å². The summed E-state index contributed by atoms with van der Waals surface area (Å²) in [7, 11) is 1.34. The third kappa shape index (κ3) is 4.97. The number of carbonyl (C=O) groups is 1. The van der Waals surface area contributed by atoms with Gasteiger partial charge < -0.3 is 9.47 Å². The van der Waals surface area contributed by atoms with Gasteiger partial charge in [0.25, 0.3) is 0 Å². The second-order valence-corrected chi connectivity index (χ2v) is 6.70. The van der Waals surface area contributed by atoms with Gasteiger partial charge in [0.05, 0.1) is 7.11 Å². The summed E-state index contributed by atoms with van der Waals surface area (Å²) < 4.78 is 12.1. The fraction of sp³-hybridized carbons (Fsp3) is 0.526. The van der Waals surface area contributed by atoms with Crippen LogP contribution in [-0.4, -0.2) is 33.4 Å². The number of rotatable bonds is 9. The summed E-state index contributed by atoms with van der Waals surface area (Å²) >= 11 is 0. The third-order valence-electron chi connectivity index (χ3n) is 4.12. The van der Waals surface area contributed by atoms with E-state index in [4.69, 9.17) is 9.47 Å². The van der Waals surface area contributed by atoms with Crippen molar-refractivity contribution in [3.8, 4) is 5.75 Å². The van der Waals surface area contributed by atoms with Crippen molar-refractivity contribution in [3.63, 3.8) is 0 Å². The summed E-state index contributed by atoms with van der Waals surface area (Å²) in [5.74, 6) is 1.00. The largest absolute Gasteiger partial charge is 0.476 e. The molecule has 142 valence electrons. The van der Waals surface area contributed by atoms with E-state index in [1.165, 1.54) is 7.11 Å². The van der Waals surface area contributed by atoms with Crippen LogP contribution in [0.15, 0.2) is 29.1 Å². The van der Waals surface area contributed by atoms with E-state index < -0.39 is 11.6 Å². The van der Waals surface area contributed by atoms with E-state index in [0.717, 1.165) is 37.1 Å². The number of methoxy groups -OCH3 is 1. The van der Waals surface area contributed by atoms with Crippen LogP contribution in [0.2, 0.25) is 0 Å². The van der Waals surface area contributed by atoms with Crippen molar-refractivity contribution in [2.45, 2.75) is 58.6 Å². The monoisotopic (exact) mass is 361 g/mol. The number of aryl methyl sites for hydroxylation is 2. The molecule has 1 heterocycles. The molecular weight excluding hydrogens is 334 g/mol. The van der Waals surface area contributed by atoms with Crippen LogP contribution in [0.3, 0.4) is 0 Å². The van der Waals surface area contributed by atoms with Crippen molar-refractivity contribution in [1.29, 1.82) is 0 Å². The number of hydrogen-bond donors (Lipinski definition) is 1. The van der Waals surface area contributed by atoms with Crippen molar-refractivity contribution in [2.75, 3.05) is 7.11 Å². The molecule has 0 unspecified atom stereocenters. The highest BCUT2D eigenvalue weighted by Gasteiger charge is 2.30. The fourth-order valence-electron chi connectivity index (χ4n) is 2.75. The van der Waals surface area contributed by atoms with Crippen molar-refractivity contribution < 1.29 is 14.3 Å². The number of carbonyl (C=O) groups excluding carboxylic acids is 1. The van der Waals surface area contributed by atoms with Crippen LogP contribution in [0.1, 0.15) is 45.0 Å². The molecule has 7 heteroatoms. The predicted octanol–water partition coefficient (Wildman–Crippen LogP) is 2.49. The van der Waals surface area contributed by atoms with E-state index in [0.29, 0.717) is 12.3 Å². The standard InChI is InChI=1S/C19H27N3O4/c1-5-13-22-16(20-21-18(22)24)8-6-7-14-9-11-15(12-10-14)26-19(2,3)17(23)25-4/h9-12H,5-8,13H2,1-4H3,(H,21,24). The zero-order valence-corrected chi connectivity index (χ0v) is 15.9. The van der Waals surface area contributed by atoms with Crippen molar-refractivity contribution in [3.05, 3.63) is 46.1 Å². The molecule has 26 heavy (non-hydrogen) atoms. The second-order valence-electron chi connectivity index (χ2n) is 6.70.